The van der Waals surface area contributed by atoms with Crippen molar-refractivity contribution in [1.82, 2.24) is 14.9 Å². The third kappa shape index (κ3) is 2.44. The summed E-state index contributed by atoms with van der Waals surface area (Å²) in [5.41, 5.74) is 1.35. The molecule has 5 heteroatoms. The Hall–Kier alpha value is -2.17. The number of halogens is 1. The van der Waals surface area contributed by atoms with Crippen LogP contribution in [0.1, 0.15) is 24.7 Å². The molecule has 1 fully saturated rings. The fraction of sp³-hybridized carbons (Fsp3) is 0.222. The molecule has 1 unspecified atom stereocenters. The molecule has 1 saturated heterocycles. The summed E-state index contributed by atoms with van der Waals surface area (Å²) in [5.74, 6) is 0.758. The molecule has 0 saturated carbocycles. The molecule has 1 aliphatic heterocycles. The number of hydrogen-bond donors (Lipinski definition) is 1. The summed E-state index contributed by atoms with van der Waals surface area (Å²) in [6.45, 7) is 0.947. The number of rotatable bonds is 2. The molecule has 116 valence electrons. The Balaban J connectivity index is 2.08. The van der Waals surface area contributed by atoms with Crippen molar-refractivity contribution < 1.29 is 0 Å². The summed E-state index contributed by atoms with van der Waals surface area (Å²) < 4.78 is 1.69. The lowest BCUT2D eigenvalue weighted by Gasteiger charge is -2.18. The van der Waals surface area contributed by atoms with Gasteiger partial charge in [0.1, 0.15) is 5.82 Å². The molecule has 2 aromatic carbocycles. The Kier molecular flexibility index (Phi) is 3.63. The molecule has 2 heterocycles. The zero-order chi connectivity index (χ0) is 15.8. The van der Waals surface area contributed by atoms with Crippen LogP contribution in [-0.4, -0.2) is 16.1 Å². The van der Waals surface area contributed by atoms with E-state index in [0.29, 0.717) is 15.9 Å². The van der Waals surface area contributed by atoms with E-state index in [1.54, 1.807) is 10.6 Å². The van der Waals surface area contributed by atoms with Crippen LogP contribution in [0.5, 0.6) is 0 Å². The van der Waals surface area contributed by atoms with Gasteiger partial charge in [0.05, 0.1) is 27.7 Å². The summed E-state index contributed by atoms with van der Waals surface area (Å²) in [6, 6.07) is 15.1. The summed E-state index contributed by atoms with van der Waals surface area (Å²) in [6.07, 6.45) is 2.06. The van der Waals surface area contributed by atoms with Crippen LogP contribution in [0.15, 0.2) is 53.3 Å². The molecule has 0 spiro atoms. The number of benzene rings is 2. The van der Waals surface area contributed by atoms with Gasteiger partial charge in [-0.25, -0.2) is 4.98 Å². The van der Waals surface area contributed by atoms with Gasteiger partial charge < -0.3 is 5.32 Å². The quantitative estimate of drug-likeness (QED) is 0.785. The first-order valence-electron chi connectivity index (χ1n) is 7.75. The molecule has 1 atom stereocenters. The third-order valence-corrected chi connectivity index (χ3v) is 4.57. The third-order valence-electron chi connectivity index (χ3n) is 4.26. The van der Waals surface area contributed by atoms with Crippen LogP contribution in [0.3, 0.4) is 0 Å². The minimum absolute atomic E-state index is 0.0892. The summed E-state index contributed by atoms with van der Waals surface area (Å²) in [7, 11) is 0. The second kappa shape index (κ2) is 5.80. The molecule has 23 heavy (non-hydrogen) atoms. The summed E-state index contributed by atoms with van der Waals surface area (Å²) in [5, 5.41) is 4.35. The number of nitrogens with zero attached hydrogens (tertiary/aromatic N) is 2. The highest BCUT2D eigenvalue weighted by atomic mass is 35.5. The van der Waals surface area contributed by atoms with Crippen molar-refractivity contribution in [2.75, 3.05) is 6.54 Å². The highest BCUT2D eigenvalue weighted by Crippen LogP contribution is 2.26. The van der Waals surface area contributed by atoms with Crippen molar-refractivity contribution in [2.24, 2.45) is 0 Å². The van der Waals surface area contributed by atoms with Crippen LogP contribution in [0.25, 0.3) is 16.6 Å². The van der Waals surface area contributed by atoms with Crippen molar-refractivity contribution in [3.63, 3.8) is 0 Å². The minimum Gasteiger partial charge on any atom is -0.307 e. The van der Waals surface area contributed by atoms with E-state index in [2.05, 4.69) is 5.32 Å². The van der Waals surface area contributed by atoms with E-state index in [4.69, 9.17) is 16.6 Å². The lowest BCUT2D eigenvalue weighted by Crippen LogP contribution is -2.28. The number of aromatic nitrogens is 2. The van der Waals surface area contributed by atoms with E-state index in [9.17, 15) is 4.79 Å². The number of fused-ring (bicyclic) bond motifs is 1. The molecule has 4 rings (SSSR count). The molecule has 0 amide bonds. The van der Waals surface area contributed by atoms with Crippen molar-refractivity contribution >= 4 is 22.5 Å². The standard InChI is InChI=1S/C18H16ClN3O/c19-13-8-4-9-14-16(13)18(23)22(12-6-2-1-3-7-12)17(21-14)15-10-5-11-20-15/h1-4,6-9,15,20H,5,10-11H2. The maximum absolute atomic E-state index is 13.1. The Morgan fingerprint density at radius 2 is 1.96 bits per heavy atom. The zero-order valence-corrected chi connectivity index (χ0v) is 13.3. The Bertz CT molecular complexity index is 915. The van der Waals surface area contributed by atoms with Gasteiger partial charge in [-0.2, -0.15) is 0 Å². The lowest BCUT2D eigenvalue weighted by molar-refractivity contribution is 0.584. The molecular formula is C18H16ClN3O. The summed E-state index contributed by atoms with van der Waals surface area (Å²) in [4.78, 5) is 17.9. The number of para-hydroxylation sites is 1. The molecular weight excluding hydrogens is 310 g/mol. The van der Waals surface area contributed by atoms with Gasteiger partial charge >= 0.3 is 0 Å². The SMILES string of the molecule is O=c1c2c(Cl)cccc2nc(C2CCCN2)n1-c1ccccc1. The molecule has 1 aromatic heterocycles. The minimum atomic E-state index is -0.115. The molecule has 1 N–H and O–H groups in total. The van der Waals surface area contributed by atoms with Crippen LogP contribution in [0, 0.1) is 0 Å². The van der Waals surface area contributed by atoms with Crippen LogP contribution in [-0.2, 0) is 0 Å². The van der Waals surface area contributed by atoms with Crippen molar-refractivity contribution in [3.8, 4) is 5.69 Å². The number of nitrogens with one attached hydrogen (secondary N) is 1. The Labute approximate surface area is 138 Å². The van der Waals surface area contributed by atoms with Gasteiger partial charge in [-0.3, -0.25) is 9.36 Å². The van der Waals surface area contributed by atoms with E-state index in [1.807, 2.05) is 42.5 Å². The maximum atomic E-state index is 13.1. The second-order valence-corrected chi connectivity index (χ2v) is 6.14. The molecule has 3 aromatic rings. The molecule has 0 bridgehead atoms. The number of hydrogen-bond acceptors (Lipinski definition) is 3. The Morgan fingerprint density at radius 3 is 2.70 bits per heavy atom. The van der Waals surface area contributed by atoms with E-state index in [1.165, 1.54) is 0 Å². The van der Waals surface area contributed by atoms with Gasteiger partial charge in [-0.05, 0) is 43.7 Å². The molecule has 1 aliphatic rings. The highest BCUT2D eigenvalue weighted by molar-refractivity contribution is 6.35. The molecule has 0 radical (unpaired) electrons. The van der Waals surface area contributed by atoms with E-state index in [0.717, 1.165) is 30.9 Å². The van der Waals surface area contributed by atoms with Gasteiger partial charge in [-0.1, -0.05) is 35.9 Å². The maximum Gasteiger partial charge on any atom is 0.267 e. The normalized spacial score (nSPS) is 17.7. The van der Waals surface area contributed by atoms with Crippen molar-refractivity contribution in [3.05, 3.63) is 69.7 Å². The van der Waals surface area contributed by atoms with Crippen LogP contribution in [0.2, 0.25) is 5.02 Å². The monoisotopic (exact) mass is 325 g/mol. The van der Waals surface area contributed by atoms with Crippen molar-refractivity contribution in [1.29, 1.82) is 0 Å². The fourth-order valence-electron chi connectivity index (χ4n) is 3.17. The van der Waals surface area contributed by atoms with Gasteiger partial charge in [0, 0.05) is 0 Å². The lowest BCUT2D eigenvalue weighted by atomic mass is 10.1. The van der Waals surface area contributed by atoms with Crippen LogP contribution >= 0.6 is 11.6 Å². The fourth-order valence-corrected chi connectivity index (χ4v) is 3.42. The van der Waals surface area contributed by atoms with Gasteiger partial charge in [-0.15, -0.1) is 0 Å². The first-order chi connectivity index (χ1) is 11.3. The first kappa shape index (κ1) is 14.4. The van der Waals surface area contributed by atoms with E-state index < -0.39 is 0 Å². The first-order valence-corrected chi connectivity index (χ1v) is 8.13. The van der Waals surface area contributed by atoms with E-state index in [-0.39, 0.29) is 11.6 Å². The van der Waals surface area contributed by atoms with E-state index >= 15 is 0 Å². The van der Waals surface area contributed by atoms with Gasteiger partial charge in [0.2, 0.25) is 0 Å². The van der Waals surface area contributed by atoms with Crippen LogP contribution < -0.4 is 10.9 Å². The smallest absolute Gasteiger partial charge is 0.267 e. The summed E-state index contributed by atoms with van der Waals surface area (Å²) >= 11 is 6.26. The second-order valence-electron chi connectivity index (χ2n) is 5.73. The average molecular weight is 326 g/mol. The van der Waals surface area contributed by atoms with Gasteiger partial charge in [0.25, 0.3) is 5.56 Å². The van der Waals surface area contributed by atoms with Gasteiger partial charge in [0.15, 0.2) is 0 Å². The predicted molar refractivity (Wildman–Crippen MR) is 92.3 cm³/mol. The van der Waals surface area contributed by atoms with Crippen LogP contribution in [0.4, 0.5) is 0 Å². The van der Waals surface area contributed by atoms with Crippen molar-refractivity contribution in [2.45, 2.75) is 18.9 Å². The average Bonchev–Trinajstić information content (AvgIpc) is 3.09. The topological polar surface area (TPSA) is 46.9 Å². The predicted octanol–water partition coefficient (Wildman–Crippen LogP) is 3.46. The largest absolute Gasteiger partial charge is 0.307 e. The molecule has 0 aliphatic carbocycles. The molecule has 4 nitrogen and oxygen atoms in total. The zero-order valence-electron chi connectivity index (χ0n) is 12.5. The highest BCUT2D eigenvalue weighted by Gasteiger charge is 2.24. The Morgan fingerprint density at radius 1 is 1.13 bits per heavy atom.